The number of carbonyl (C=O) groups is 4. The molecule has 8 heteroatoms. The van der Waals surface area contributed by atoms with Crippen LogP contribution in [-0.2, 0) is 16.0 Å². The zero-order chi connectivity index (χ0) is 14.4. The molecule has 20 heavy (non-hydrogen) atoms. The van der Waals surface area contributed by atoms with Crippen molar-refractivity contribution in [2.45, 2.75) is 6.42 Å². The van der Waals surface area contributed by atoms with E-state index in [1.54, 1.807) is 0 Å². The van der Waals surface area contributed by atoms with Gasteiger partial charge < -0.3 is 0 Å². The van der Waals surface area contributed by atoms with Crippen LogP contribution in [0.15, 0.2) is 18.2 Å². The molecule has 0 aromatic heterocycles. The van der Waals surface area contributed by atoms with Gasteiger partial charge in [-0.1, -0.05) is 12.1 Å². The van der Waals surface area contributed by atoms with E-state index in [0.717, 1.165) is 6.07 Å². The monoisotopic (exact) mass is 277 g/mol. The molecule has 1 aromatic rings. The minimum Gasteiger partial charge on any atom is -0.275 e. The molecule has 0 radical (unpaired) electrons. The van der Waals surface area contributed by atoms with Gasteiger partial charge in [0.15, 0.2) is 0 Å². The van der Waals surface area contributed by atoms with Crippen molar-refractivity contribution in [1.29, 1.82) is 0 Å². The van der Waals surface area contributed by atoms with E-state index in [4.69, 9.17) is 0 Å². The van der Waals surface area contributed by atoms with Gasteiger partial charge in [-0.05, 0) is 11.6 Å². The zero-order valence-electron chi connectivity index (χ0n) is 10.1. The molecule has 2 aliphatic heterocycles. The third-order valence-electron chi connectivity index (χ3n) is 3.10. The fourth-order valence-corrected chi connectivity index (χ4v) is 2.25. The molecule has 1 N–H and O–H groups in total. The summed E-state index contributed by atoms with van der Waals surface area (Å²) in [6.07, 6.45) is -0.212. The Labute approximate surface area is 111 Å². The van der Waals surface area contributed by atoms with E-state index in [-0.39, 0.29) is 17.5 Å². The normalized spacial score (nSPS) is 18.4. The zero-order valence-corrected chi connectivity index (χ0v) is 10.1. The van der Waals surface area contributed by atoms with Crippen LogP contribution in [0.2, 0.25) is 0 Å². The molecule has 0 spiro atoms. The van der Waals surface area contributed by atoms with Gasteiger partial charge in [-0.15, -0.1) is 0 Å². The number of carbonyl (C=O) groups excluding carboxylic acids is 4. The largest absolute Gasteiger partial charge is 0.343 e. The molecule has 1 saturated heterocycles. The fraction of sp³-hybridized carbons (Fsp3) is 0.167. The maximum atomic E-state index is 13.7. The molecule has 0 aliphatic carbocycles. The summed E-state index contributed by atoms with van der Waals surface area (Å²) in [5.74, 6) is -3.02. The van der Waals surface area contributed by atoms with Crippen LogP contribution in [0.5, 0.6) is 0 Å². The number of fused-ring (bicyclic) bond motifs is 1. The quantitative estimate of drug-likeness (QED) is 0.569. The van der Waals surface area contributed by atoms with Gasteiger partial charge in [-0.2, -0.15) is 5.01 Å². The third kappa shape index (κ3) is 1.65. The number of hydrogen-bond acceptors (Lipinski definition) is 4. The van der Waals surface area contributed by atoms with Crippen LogP contribution in [0.1, 0.15) is 15.9 Å². The first kappa shape index (κ1) is 12.3. The van der Waals surface area contributed by atoms with Crippen LogP contribution in [0.4, 0.5) is 9.18 Å². The first-order chi connectivity index (χ1) is 9.49. The Balaban J connectivity index is 2.04. The van der Waals surface area contributed by atoms with Gasteiger partial charge in [0, 0.05) is 0 Å². The Bertz CT molecular complexity index is 673. The van der Waals surface area contributed by atoms with Crippen molar-refractivity contribution in [3.8, 4) is 0 Å². The van der Waals surface area contributed by atoms with Crippen LogP contribution < -0.4 is 5.32 Å². The number of urea groups is 1. The van der Waals surface area contributed by atoms with Gasteiger partial charge in [-0.3, -0.25) is 19.7 Å². The van der Waals surface area contributed by atoms with Crippen LogP contribution in [-0.4, -0.2) is 40.3 Å². The fourth-order valence-electron chi connectivity index (χ4n) is 2.25. The molecule has 0 saturated carbocycles. The van der Waals surface area contributed by atoms with E-state index >= 15 is 0 Å². The number of benzene rings is 1. The Kier molecular flexibility index (Phi) is 2.53. The summed E-state index contributed by atoms with van der Waals surface area (Å²) in [5.41, 5.74) is 0.0152. The Morgan fingerprint density at radius 3 is 2.55 bits per heavy atom. The SMILES string of the molecule is O=C1CN(N2C(=O)Cc3cccc(F)c3C2=O)C(=O)N1. The standard InChI is InChI=1S/C12H8FN3O4/c13-7-3-1-2-6-4-9(18)16(11(19)10(6)7)15-5-8(17)14-12(15)20/h1-3H,4-5H2,(H,14,17,20). The number of hydrazine groups is 1. The summed E-state index contributed by atoms with van der Waals surface area (Å²) in [4.78, 5) is 46.8. The number of nitrogens with one attached hydrogen (secondary N) is 1. The van der Waals surface area contributed by atoms with Gasteiger partial charge in [0.05, 0.1) is 12.0 Å². The van der Waals surface area contributed by atoms with E-state index in [1.165, 1.54) is 12.1 Å². The number of halogens is 1. The second kappa shape index (κ2) is 4.12. The van der Waals surface area contributed by atoms with Crippen LogP contribution in [0.25, 0.3) is 0 Å². The van der Waals surface area contributed by atoms with E-state index in [1.807, 2.05) is 5.32 Å². The van der Waals surface area contributed by atoms with Gasteiger partial charge in [0.1, 0.15) is 12.4 Å². The van der Waals surface area contributed by atoms with Gasteiger partial charge in [-0.25, -0.2) is 14.2 Å². The molecule has 0 unspecified atom stereocenters. The average Bonchev–Trinajstić information content (AvgIpc) is 2.68. The minimum absolute atomic E-state index is 0.212. The van der Waals surface area contributed by atoms with E-state index in [9.17, 15) is 23.6 Å². The summed E-state index contributed by atoms with van der Waals surface area (Å²) >= 11 is 0. The minimum atomic E-state index is -0.945. The smallest absolute Gasteiger partial charge is 0.275 e. The topological polar surface area (TPSA) is 86.8 Å². The van der Waals surface area contributed by atoms with Crippen molar-refractivity contribution < 1.29 is 23.6 Å². The van der Waals surface area contributed by atoms with E-state index < -0.39 is 36.1 Å². The Morgan fingerprint density at radius 1 is 1.15 bits per heavy atom. The van der Waals surface area contributed by atoms with Crippen LogP contribution in [0.3, 0.4) is 0 Å². The van der Waals surface area contributed by atoms with Gasteiger partial charge in [0.2, 0.25) is 5.91 Å². The van der Waals surface area contributed by atoms with Crippen molar-refractivity contribution in [1.82, 2.24) is 15.3 Å². The molecule has 5 amide bonds. The van der Waals surface area contributed by atoms with E-state index in [0.29, 0.717) is 10.0 Å². The third-order valence-corrected chi connectivity index (χ3v) is 3.10. The first-order valence-electron chi connectivity index (χ1n) is 5.75. The number of amides is 5. The van der Waals surface area contributed by atoms with Crippen molar-refractivity contribution in [2.24, 2.45) is 0 Å². The van der Waals surface area contributed by atoms with Crippen LogP contribution in [0, 0.1) is 5.82 Å². The number of hydrogen-bond donors (Lipinski definition) is 1. The lowest BCUT2D eigenvalue weighted by atomic mass is 9.99. The number of imide groups is 2. The molecule has 1 fully saturated rings. The highest BCUT2D eigenvalue weighted by Crippen LogP contribution is 2.24. The summed E-state index contributed by atoms with van der Waals surface area (Å²) in [6.45, 7) is -0.444. The maximum absolute atomic E-state index is 13.7. The summed E-state index contributed by atoms with van der Waals surface area (Å²) in [7, 11) is 0. The molecule has 7 nitrogen and oxygen atoms in total. The highest BCUT2D eigenvalue weighted by molar-refractivity contribution is 6.12. The van der Waals surface area contributed by atoms with Gasteiger partial charge >= 0.3 is 6.03 Å². The molecule has 2 aliphatic rings. The highest BCUT2D eigenvalue weighted by atomic mass is 19.1. The summed E-state index contributed by atoms with van der Waals surface area (Å²) < 4.78 is 13.7. The lowest BCUT2D eigenvalue weighted by molar-refractivity contribution is -0.138. The van der Waals surface area contributed by atoms with E-state index in [2.05, 4.69) is 0 Å². The van der Waals surface area contributed by atoms with Crippen molar-refractivity contribution in [3.05, 3.63) is 35.1 Å². The molecule has 0 atom stereocenters. The molecule has 2 heterocycles. The summed E-state index contributed by atoms with van der Waals surface area (Å²) in [6, 6.07) is 3.09. The Morgan fingerprint density at radius 2 is 1.90 bits per heavy atom. The maximum Gasteiger partial charge on any atom is 0.343 e. The first-order valence-corrected chi connectivity index (χ1v) is 5.75. The molecular weight excluding hydrogens is 269 g/mol. The van der Waals surface area contributed by atoms with Crippen LogP contribution >= 0.6 is 0 Å². The lowest BCUT2D eigenvalue weighted by Gasteiger charge is -2.32. The predicted octanol–water partition coefficient (Wildman–Crippen LogP) is -0.183. The number of nitrogens with zero attached hydrogens (tertiary/aromatic N) is 2. The van der Waals surface area contributed by atoms with Crippen molar-refractivity contribution >= 4 is 23.8 Å². The molecular formula is C12H8FN3O4. The number of rotatable bonds is 1. The highest BCUT2D eigenvalue weighted by Gasteiger charge is 2.42. The van der Waals surface area contributed by atoms with Crippen molar-refractivity contribution in [3.63, 3.8) is 0 Å². The Hall–Kier alpha value is -2.77. The molecule has 0 bridgehead atoms. The molecule has 1 aromatic carbocycles. The molecule has 3 rings (SSSR count). The second-order valence-corrected chi connectivity index (χ2v) is 4.37. The second-order valence-electron chi connectivity index (χ2n) is 4.37. The van der Waals surface area contributed by atoms with Gasteiger partial charge in [0.25, 0.3) is 11.8 Å². The predicted molar refractivity (Wildman–Crippen MR) is 61.5 cm³/mol. The van der Waals surface area contributed by atoms with Crippen molar-refractivity contribution in [2.75, 3.05) is 6.54 Å². The molecule has 102 valence electrons. The summed E-state index contributed by atoms with van der Waals surface area (Å²) in [5, 5.41) is 3.15. The average molecular weight is 277 g/mol. The lowest BCUT2D eigenvalue weighted by Crippen LogP contribution is -2.54.